The van der Waals surface area contributed by atoms with Crippen molar-refractivity contribution in [2.75, 3.05) is 31.5 Å². The van der Waals surface area contributed by atoms with Gasteiger partial charge in [0.15, 0.2) is 0 Å². The molecule has 1 aliphatic heterocycles. The Morgan fingerprint density at radius 2 is 2.33 bits per heavy atom. The lowest BCUT2D eigenvalue weighted by atomic mass is 10.2. The SMILES string of the molecule is CCCNc1ccnc(C(=O)NCC2CCCN2CC)c1. The summed E-state index contributed by atoms with van der Waals surface area (Å²) in [4.78, 5) is 18.8. The molecule has 0 bridgehead atoms. The quantitative estimate of drug-likeness (QED) is 0.807. The number of likely N-dealkylation sites (tertiary alicyclic amines) is 1. The predicted octanol–water partition coefficient (Wildman–Crippen LogP) is 2.12. The smallest absolute Gasteiger partial charge is 0.270 e. The second-order valence-corrected chi connectivity index (χ2v) is 5.49. The number of aromatic nitrogens is 1. The van der Waals surface area contributed by atoms with Crippen LogP contribution in [0.3, 0.4) is 0 Å². The fraction of sp³-hybridized carbons (Fsp3) is 0.625. The summed E-state index contributed by atoms with van der Waals surface area (Å²) in [5.41, 5.74) is 1.44. The molecule has 1 aromatic heterocycles. The Morgan fingerprint density at radius 1 is 1.48 bits per heavy atom. The number of rotatable bonds is 7. The Balaban J connectivity index is 1.88. The van der Waals surface area contributed by atoms with Crippen LogP contribution in [0.2, 0.25) is 0 Å². The van der Waals surface area contributed by atoms with Crippen LogP contribution in [0.25, 0.3) is 0 Å². The predicted molar refractivity (Wildman–Crippen MR) is 85.6 cm³/mol. The monoisotopic (exact) mass is 290 g/mol. The van der Waals surface area contributed by atoms with E-state index in [-0.39, 0.29) is 5.91 Å². The molecule has 1 fully saturated rings. The third kappa shape index (κ3) is 4.43. The van der Waals surface area contributed by atoms with Gasteiger partial charge in [0.25, 0.3) is 5.91 Å². The van der Waals surface area contributed by atoms with Crippen molar-refractivity contribution >= 4 is 11.6 Å². The van der Waals surface area contributed by atoms with E-state index in [0.29, 0.717) is 18.3 Å². The summed E-state index contributed by atoms with van der Waals surface area (Å²) >= 11 is 0. The van der Waals surface area contributed by atoms with Crippen LogP contribution in [0, 0.1) is 0 Å². The van der Waals surface area contributed by atoms with Gasteiger partial charge in [0.05, 0.1) is 0 Å². The molecule has 1 aliphatic rings. The van der Waals surface area contributed by atoms with E-state index in [9.17, 15) is 4.79 Å². The van der Waals surface area contributed by atoms with Crippen molar-refractivity contribution in [3.63, 3.8) is 0 Å². The Morgan fingerprint density at radius 3 is 3.10 bits per heavy atom. The van der Waals surface area contributed by atoms with E-state index in [2.05, 4.69) is 34.4 Å². The minimum atomic E-state index is -0.0851. The minimum Gasteiger partial charge on any atom is -0.385 e. The maximum atomic E-state index is 12.2. The third-order valence-corrected chi connectivity index (χ3v) is 3.98. The molecule has 2 N–H and O–H groups in total. The number of anilines is 1. The molecular formula is C16H26N4O. The highest BCUT2D eigenvalue weighted by Gasteiger charge is 2.23. The number of nitrogens with zero attached hydrogens (tertiary/aromatic N) is 2. The molecule has 1 amide bonds. The van der Waals surface area contributed by atoms with Gasteiger partial charge in [-0.2, -0.15) is 0 Å². The Labute approximate surface area is 127 Å². The second kappa shape index (κ2) is 7.98. The summed E-state index contributed by atoms with van der Waals surface area (Å²) in [6.07, 6.45) is 5.13. The van der Waals surface area contributed by atoms with Crippen LogP contribution in [0.15, 0.2) is 18.3 Å². The molecule has 1 saturated heterocycles. The highest BCUT2D eigenvalue weighted by molar-refractivity contribution is 5.93. The van der Waals surface area contributed by atoms with Crippen molar-refractivity contribution in [2.45, 2.75) is 39.2 Å². The summed E-state index contributed by atoms with van der Waals surface area (Å²) in [5.74, 6) is -0.0851. The van der Waals surface area contributed by atoms with Gasteiger partial charge in [-0.1, -0.05) is 13.8 Å². The van der Waals surface area contributed by atoms with Crippen molar-refractivity contribution in [1.29, 1.82) is 0 Å². The molecule has 0 aromatic carbocycles. The molecule has 1 aromatic rings. The molecule has 1 atom stereocenters. The first-order chi connectivity index (χ1) is 10.2. The van der Waals surface area contributed by atoms with Gasteiger partial charge >= 0.3 is 0 Å². The molecule has 21 heavy (non-hydrogen) atoms. The van der Waals surface area contributed by atoms with Crippen molar-refractivity contribution in [1.82, 2.24) is 15.2 Å². The molecule has 0 saturated carbocycles. The second-order valence-electron chi connectivity index (χ2n) is 5.49. The zero-order chi connectivity index (χ0) is 15.1. The molecule has 2 heterocycles. The molecule has 0 aliphatic carbocycles. The van der Waals surface area contributed by atoms with Crippen molar-refractivity contribution < 1.29 is 4.79 Å². The van der Waals surface area contributed by atoms with E-state index in [1.54, 1.807) is 6.20 Å². The van der Waals surface area contributed by atoms with E-state index in [1.165, 1.54) is 12.8 Å². The number of likely N-dealkylation sites (N-methyl/N-ethyl adjacent to an activating group) is 1. The Kier molecular flexibility index (Phi) is 5.99. The van der Waals surface area contributed by atoms with E-state index >= 15 is 0 Å². The number of nitrogens with one attached hydrogen (secondary N) is 2. The van der Waals surface area contributed by atoms with Crippen LogP contribution in [-0.4, -0.2) is 48.0 Å². The zero-order valence-corrected chi connectivity index (χ0v) is 13.1. The Hall–Kier alpha value is -1.62. The summed E-state index contributed by atoms with van der Waals surface area (Å²) in [6, 6.07) is 4.18. The third-order valence-electron chi connectivity index (χ3n) is 3.98. The van der Waals surface area contributed by atoms with Gasteiger partial charge in [0.1, 0.15) is 5.69 Å². The number of hydrogen-bond acceptors (Lipinski definition) is 4. The van der Waals surface area contributed by atoms with Crippen molar-refractivity contribution in [2.24, 2.45) is 0 Å². The van der Waals surface area contributed by atoms with Gasteiger partial charge in [-0.3, -0.25) is 14.7 Å². The van der Waals surface area contributed by atoms with Gasteiger partial charge in [-0.05, 0) is 44.5 Å². The van der Waals surface area contributed by atoms with Crippen LogP contribution in [0.1, 0.15) is 43.6 Å². The minimum absolute atomic E-state index is 0.0851. The number of hydrogen-bond donors (Lipinski definition) is 2. The first-order valence-corrected chi connectivity index (χ1v) is 7.96. The number of amides is 1. The van der Waals surface area contributed by atoms with Gasteiger partial charge in [0, 0.05) is 31.0 Å². The fourth-order valence-corrected chi connectivity index (χ4v) is 2.78. The first kappa shape index (κ1) is 15.8. The van der Waals surface area contributed by atoms with Gasteiger partial charge in [-0.15, -0.1) is 0 Å². The number of carbonyl (C=O) groups excluding carboxylic acids is 1. The molecule has 1 unspecified atom stereocenters. The maximum absolute atomic E-state index is 12.2. The summed E-state index contributed by atoms with van der Waals surface area (Å²) in [6.45, 7) is 8.09. The van der Waals surface area contributed by atoms with E-state index in [4.69, 9.17) is 0 Å². The lowest BCUT2D eigenvalue weighted by Gasteiger charge is -2.22. The highest BCUT2D eigenvalue weighted by Crippen LogP contribution is 2.15. The Bertz CT molecular complexity index is 463. The summed E-state index contributed by atoms with van der Waals surface area (Å²) < 4.78 is 0. The topological polar surface area (TPSA) is 57.3 Å². The first-order valence-electron chi connectivity index (χ1n) is 7.96. The maximum Gasteiger partial charge on any atom is 0.270 e. The molecule has 0 spiro atoms. The largest absolute Gasteiger partial charge is 0.385 e. The van der Waals surface area contributed by atoms with Gasteiger partial charge < -0.3 is 10.6 Å². The zero-order valence-electron chi connectivity index (χ0n) is 13.1. The average molecular weight is 290 g/mol. The summed E-state index contributed by atoms with van der Waals surface area (Å²) in [5, 5.41) is 6.29. The lowest BCUT2D eigenvalue weighted by Crippen LogP contribution is -2.40. The van der Waals surface area contributed by atoms with E-state index < -0.39 is 0 Å². The molecular weight excluding hydrogens is 264 g/mol. The molecule has 5 nitrogen and oxygen atoms in total. The van der Waals surface area contributed by atoms with Crippen LogP contribution in [0.4, 0.5) is 5.69 Å². The van der Waals surface area contributed by atoms with Gasteiger partial charge in [-0.25, -0.2) is 0 Å². The molecule has 5 heteroatoms. The van der Waals surface area contributed by atoms with Crippen LogP contribution in [-0.2, 0) is 0 Å². The number of pyridine rings is 1. The lowest BCUT2D eigenvalue weighted by molar-refractivity contribution is 0.0936. The molecule has 0 radical (unpaired) electrons. The van der Waals surface area contributed by atoms with Crippen molar-refractivity contribution in [3.05, 3.63) is 24.0 Å². The number of carbonyl (C=O) groups is 1. The van der Waals surface area contributed by atoms with Crippen LogP contribution in [0.5, 0.6) is 0 Å². The van der Waals surface area contributed by atoms with Crippen LogP contribution >= 0.6 is 0 Å². The molecule has 2 rings (SSSR count). The fourth-order valence-electron chi connectivity index (χ4n) is 2.78. The normalized spacial score (nSPS) is 18.7. The van der Waals surface area contributed by atoms with E-state index in [0.717, 1.165) is 31.7 Å². The van der Waals surface area contributed by atoms with E-state index in [1.807, 2.05) is 12.1 Å². The van der Waals surface area contributed by atoms with Crippen LogP contribution < -0.4 is 10.6 Å². The van der Waals surface area contributed by atoms with Gasteiger partial charge in [0.2, 0.25) is 0 Å². The summed E-state index contributed by atoms with van der Waals surface area (Å²) in [7, 11) is 0. The molecule has 116 valence electrons. The average Bonchev–Trinajstić information content (AvgIpc) is 2.98. The van der Waals surface area contributed by atoms with Crippen molar-refractivity contribution in [3.8, 4) is 0 Å². The highest BCUT2D eigenvalue weighted by atomic mass is 16.1. The standard InChI is InChI=1S/C16H26N4O/c1-3-8-17-13-7-9-18-15(11-13)16(21)19-12-14-6-5-10-20(14)4-2/h7,9,11,14H,3-6,8,10,12H2,1-2H3,(H,17,18)(H,19,21).